The van der Waals surface area contributed by atoms with E-state index in [4.69, 9.17) is 4.74 Å². The lowest BCUT2D eigenvalue weighted by atomic mass is 9.99. The van der Waals surface area contributed by atoms with Crippen LogP contribution in [-0.4, -0.2) is 46.1 Å². The van der Waals surface area contributed by atoms with E-state index in [1.807, 2.05) is 34.9 Å². The first-order valence-corrected chi connectivity index (χ1v) is 11.8. The van der Waals surface area contributed by atoms with Crippen LogP contribution < -0.4 is 15.5 Å². The van der Waals surface area contributed by atoms with Gasteiger partial charge >= 0.3 is 0 Å². The summed E-state index contributed by atoms with van der Waals surface area (Å²) in [6.07, 6.45) is 6.44. The van der Waals surface area contributed by atoms with Crippen LogP contribution in [0.4, 0.5) is 21.6 Å². The maximum atomic E-state index is 13.6. The molecule has 2 aliphatic rings. The molecule has 1 aromatic carbocycles. The van der Waals surface area contributed by atoms with Crippen molar-refractivity contribution in [1.82, 2.24) is 19.7 Å². The Morgan fingerprint density at radius 1 is 1.20 bits per heavy atom. The van der Waals surface area contributed by atoms with Gasteiger partial charge in [0.15, 0.2) is 0 Å². The topological polar surface area (TPSA) is 83.8 Å². The fourth-order valence-corrected chi connectivity index (χ4v) is 4.83. The number of carbonyl (C=O) groups is 1. The molecule has 1 amide bonds. The number of rotatable bonds is 5. The summed E-state index contributed by atoms with van der Waals surface area (Å²) in [6.45, 7) is 4.96. The molecule has 2 N–H and O–H groups in total. The fourth-order valence-electron chi connectivity index (χ4n) is 4.83. The number of fused-ring (bicyclic) bond motifs is 2. The molecule has 5 heterocycles. The number of ether oxygens (including phenoxy) is 1. The predicted molar refractivity (Wildman–Crippen MR) is 132 cm³/mol. The van der Waals surface area contributed by atoms with E-state index < -0.39 is 0 Å². The zero-order valence-corrected chi connectivity index (χ0v) is 19.3. The molecular weight excluding hydrogens is 447 g/mol. The van der Waals surface area contributed by atoms with Gasteiger partial charge in [0.2, 0.25) is 0 Å². The van der Waals surface area contributed by atoms with Gasteiger partial charge in [-0.2, -0.15) is 0 Å². The van der Waals surface area contributed by atoms with Gasteiger partial charge in [-0.15, -0.1) is 0 Å². The zero-order valence-electron chi connectivity index (χ0n) is 19.3. The van der Waals surface area contributed by atoms with Crippen LogP contribution >= 0.6 is 0 Å². The number of aromatic nitrogens is 3. The Morgan fingerprint density at radius 3 is 2.94 bits per heavy atom. The van der Waals surface area contributed by atoms with Crippen molar-refractivity contribution in [3.8, 4) is 11.3 Å². The summed E-state index contributed by atoms with van der Waals surface area (Å²) in [4.78, 5) is 24.0. The number of anilines is 3. The number of amides is 1. The Balaban J connectivity index is 1.30. The molecule has 1 saturated heterocycles. The number of imidazole rings is 1. The number of benzene rings is 1. The Morgan fingerprint density at radius 2 is 2.11 bits per heavy atom. The third kappa shape index (κ3) is 3.87. The van der Waals surface area contributed by atoms with Crippen LogP contribution in [0.5, 0.6) is 0 Å². The maximum absolute atomic E-state index is 13.6. The molecule has 0 spiro atoms. The van der Waals surface area contributed by atoms with E-state index in [9.17, 15) is 9.18 Å². The highest BCUT2D eigenvalue weighted by Gasteiger charge is 2.27. The molecule has 4 aromatic rings. The molecule has 1 fully saturated rings. The minimum atomic E-state index is -0.339. The van der Waals surface area contributed by atoms with E-state index in [-0.39, 0.29) is 17.8 Å². The molecule has 6 rings (SSSR count). The first-order valence-electron chi connectivity index (χ1n) is 11.8. The molecule has 0 saturated carbocycles. The van der Waals surface area contributed by atoms with Crippen molar-refractivity contribution in [2.45, 2.75) is 26.0 Å². The minimum Gasteiger partial charge on any atom is -0.375 e. The summed E-state index contributed by atoms with van der Waals surface area (Å²) in [5, 5.41) is 6.24. The zero-order chi connectivity index (χ0) is 23.9. The monoisotopic (exact) mass is 472 g/mol. The van der Waals surface area contributed by atoms with E-state index in [1.165, 1.54) is 12.1 Å². The van der Waals surface area contributed by atoms with Gasteiger partial charge in [-0.3, -0.25) is 9.20 Å². The van der Waals surface area contributed by atoms with E-state index >= 15 is 0 Å². The molecule has 1 atom stereocenters. The van der Waals surface area contributed by atoms with Gasteiger partial charge in [0, 0.05) is 37.5 Å². The number of pyridine rings is 2. The van der Waals surface area contributed by atoms with Crippen LogP contribution in [0, 0.1) is 5.82 Å². The third-order valence-corrected chi connectivity index (χ3v) is 6.69. The second-order valence-corrected chi connectivity index (χ2v) is 8.79. The van der Waals surface area contributed by atoms with Gasteiger partial charge in [0.05, 0.1) is 47.7 Å². The summed E-state index contributed by atoms with van der Waals surface area (Å²) in [6, 6.07) is 10.6. The lowest BCUT2D eigenvalue weighted by molar-refractivity contribution is 0.0384. The quantitative estimate of drug-likeness (QED) is 0.454. The molecule has 0 bridgehead atoms. The van der Waals surface area contributed by atoms with Crippen molar-refractivity contribution < 1.29 is 13.9 Å². The van der Waals surface area contributed by atoms with E-state index in [0.29, 0.717) is 35.9 Å². The number of hydrogen-bond acceptors (Lipinski definition) is 6. The number of halogens is 1. The SMILES string of the molecule is CC[C@H]1CN(c2ccc(Nc3ccc(-c4cnc5cc(F)ccn45)c4c3C(=O)NC4)nc2)CCO1. The molecule has 0 aliphatic carbocycles. The van der Waals surface area contributed by atoms with Gasteiger partial charge in [0.1, 0.15) is 17.3 Å². The first kappa shape index (κ1) is 21.5. The standard InChI is InChI=1S/C26H25FN6O2/c1-2-18-15-32(9-10-35-18)17-3-6-23(28-12-17)31-21-5-4-19(20-13-30-26(34)25(20)21)22-14-29-24-11-16(27)7-8-33(22)24/h3-8,11-12,14,18H,2,9-10,13,15H2,1H3,(H,28,31)(H,30,34)/t18-/m0/s1. The van der Waals surface area contributed by atoms with Crippen LogP contribution in [0.3, 0.4) is 0 Å². The molecule has 35 heavy (non-hydrogen) atoms. The largest absolute Gasteiger partial charge is 0.375 e. The number of nitrogens with one attached hydrogen (secondary N) is 2. The van der Waals surface area contributed by atoms with E-state index in [2.05, 4.69) is 32.4 Å². The van der Waals surface area contributed by atoms with Gasteiger partial charge in [0.25, 0.3) is 5.91 Å². The lowest BCUT2D eigenvalue weighted by Crippen LogP contribution is -2.42. The van der Waals surface area contributed by atoms with E-state index in [0.717, 1.165) is 42.0 Å². The van der Waals surface area contributed by atoms with Crippen LogP contribution in [0.2, 0.25) is 0 Å². The average molecular weight is 473 g/mol. The lowest BCUT2D eigenvalue weighted by Gasteiger charge is -2.34. The van der Waals surface area contributed by atoms with E-state index in [1.54, 1.807) is 12.4 Å². The number of morpholine rings is 1. The summed E-state index contributed by atoms with van der Waals surface area (Å²) < 4.78 is 21.2. The van der Waals surface area contributed by atoms with Crippen molar-refractivity contribution in [3.63, 3.8) is 0 Å². The van der Waals surface area contributed by atoms with Crippen molar-refractivity contribution in [2.24, 2.45) is 0 Å². The highest BCUT2D eigenvalue weighted by atomic mass is 19.1. The van der Waals surface area contributed by atoms with Crippen LogP contribution in [0.15, 0.2) is 55.0 Å². The molecule has 178 valence electrons. The van der Waals surface area contributed by atoms with Gasteiger partial charge in [-0.25, -0.2) is 14.4 Å². The maximum Gasteiger partial charge on any atom is 0.254 e. The Hall–Kier alpha value is -3.98. The van der Waals surface area contributed by atoms with Crippen LogP contribution in [0.1, 0.15) is 29.3 Å². The molecule has 8 nitrogen and oxygen atoms in total. The molecule has 0 radical (unpaired) electrons. The summed E-state index contributed by atoms with van der Waals surface area (Å²) >= 11 is 0. The number of nitrogens with zero attached hydrogens (tertiary/aromatic N) is 4. The first-order chi connectivity index (χ1) is 17.1. The van der Waals surface area contributed by atoms with Crippen LogP contribution in [0.25, 0.3) is 16.9 Å². The normalized spacial score (nSPS) is 17.5. The van der Waals surface area contributed by atoms with Gasteiger partial charge in [-0.05, 0) is 36.2 Å². The summed E-state index contributed by atoms with van der Waals surface area (Å²) in [5.74, 6) is 0.183. The number of carbonyl (C=O) groups excluding carboxylic acids is 1. The molecule has 3 aromatic heterocycles. The second kappa shape index (κ2) is 8.66. The van der Waals surface area contributed by atoms with Crippen LogP contribution in [-0.2, 0) is 11.3 Å². The second-order valence-electron chi connectivity index (χ2n) is 8.79. The highest BCUT2D eigenvalue weighted by molar-refractivity contribution is 6.06. The summed E-state index contributed by atoms with van der Waals surface area (Å²) in [7, 11) is 0. The molecule has 2 aliphatic heterocycles. The Kier molecular flexibility index (Phi) is 5.33. The van der Waals surface area contributed by atoms with Crippen molar-refractivity contribution in [2.75, 3.05) is 29.9 Å². The smallest absolute Gasteiger partial charge is 0.254 e. The summed E-state index contributed by atoms with van der Waals surface area (Å²) in [5.41, 5.74) is 5.41. The number of hydrogen-bond donors (Lipinski definition) is 2. The highest BCUT2D eigenvalue weighted by Crippen LogP contribution is 2.35. The van der Waals surface area contributed by atoms with Crippen molar-refractivity contribution in [1.29, 1.82) is 0 Å². The Bertz CT molecular complexity index is 1420. The van der Waals surface area contributed by atoms with Crippen molar-refractivity contribution >= 4 is 28.7 Å². The van der Waals surface area contributed by atoms with Gasteiger partial charge in [-0.1, -0.05) is 13.0 Å². The Labute approximate surface area is 201 Å². The molecule has 9 heteroatoms. The van der Waals surface area contributed by atoms with Gasteiger partial charge < -0.3 is 20.3 Å². The fraction of sp³-hybridized carbons (Fsp3) is 0.269. The third-order valence-electron chi connectivity index (χ3n) is 6.69. The predicted octanol–water partition coefficient (Wildman–Crippen LogP) is 4.14. The minimum absolute atomic E-state index is 0.139. The van der Waals surface area contributed by atoms with Crippen molar-refractivity contribution in [3.05, 3.63) is 71.9 Å². The average Bonchev–Trinajstić information content (AvgIpc) is 3.48. The molecular formula is C26H25FN6O2. The molecule has 0 unspecified atom stereocenters.